The summed E-state index contributed by atoms with van der Waals surface area (Å²) in [6.07, 6.45) is 1.40. The molecule has 2 aliphatic heterocycles. The molecule has 2 saturated heterocycles. The maximum atomic E-state index is 12.7. The van der Waals surface area contributed by atoms with Gasteiger partial charge in [-0.25, -0.2) is 4.79 Å². The number of amides is 3. The molecule has 0 unspecified atom stereocenters. The Morgan fingerprint density at radius 3 is 2.59 bits per heavy atom. The van der Waals surface area contributed by atoms with Gasteiger partial charge in [0.2, 0.25) is 5.91 Å². The molecule has 0 aliphatic carbocycles. The maximum Gasteiger partial charge on any atom is 0.409 e. The molecule has 3 amide bonds. The smallest absolute Gasteiger partial charge is 0.409 e. The Balaban J connectivity index is 1.59. The van der Waals surface area contributed by atoms with E-state index in [-0.39, 0.29) is 24.5 Å². The molecule has 0 bridgehead atoms. The topological polar surface area (TPSA) is 70.2 Å². The highest BCUT2D eigenvalue weighted by atomic mass is 79.9. The van der Waals surface area contributed by atoms with Crippen molar-refractivity contribution in [3.05, 3.63) is 39.2 Å². The Labute approximate surface area is 187 Å². The highest BCUT2D eigenvalue weighted by Gasteiger charge is 2.35. The van der Waals surface area contributed by atoms with Crippen LogP contribution < -0.4 is 0 Å². The van der Waals surface area contributed by atoms with Crippen molar-refractivity contribution in [3.63, 3.8) is 0 Å². The number of nitrogens with zero attached hydrogens (tertiary/aromatic N) is 3. The number of ether oxygens (including phenoxy) is 1. The van der Waals surface area contributed by atoms with Crippen LogP contribution in [0, 0.1) is 0 Å². The van der Waals surface area contributed by atoms with Gasteiger partial charge in [0.1, 0.15) is 10.9 Å². The third-order valence-electron chi connectivity index (χ3n) is 4.47. The van der Waals surface area contributed by atoms with Crippen LogP contribution in [0.3, 0.4) is 0 Å². The summed E-state index contributed by atoms with van der Waals surface area (Å²) in [7, 11) is 0. The molecule has 0 saturated carbocycles. The van der Waals surface area contributed by atoms with Crippen molar-refractivity contribution >= 4 is 68.2 Å². The lowest BCUT2D eigenvalue weighted by molar-refractivity contribution is -0.136. The lowest BCUT2D eigenvalue weighted by Crippen LogP contribution is -2.53. The van der Waals surface area contributed by atoms with E-state index in [0.717, 1.165) is 10.0 Å². The zero-order valence-electron chi connectivity index (χ0n) is 15.8. The number of thioether (sulfide) groups is 1. The summed E-state index contributed by atoms with van der Waals surface area (Å²) in [6.45, 7) is 3.60. The largest absolute Gasteiger partial charge is 0.450 e. The summed E-state index contributed by atoms with van der Waals surface area (Å²) in [4.78, 5) is 42.2. The molecule has 2 aliphatic rings. The fourth-order valence-electron chi connectivity index (χ4n) is 2.97. The van der Waals surface area contributed by atoms with Gasteiger partial charge in [0.05, 0.1) is 11.5 Å². The molecule has 2 heterocycles. The van der Waals surface area contributed by atoms with Crippen LogP contribution in [0.4, 0.5) is 4.79 Å². The molecule has 3 rings (SSSR count). The van der Waals surface area contributed by atoms with E-state index in [4.69, 9.17) is 17.0 Å². The van der Waals surface area contributed by atoms with E-state index in [9.17, 15) is 14.4 Å². The van der Waals surface area contributed by atoms with Gasteiger partial charge in [-0.3, -0.25) is 14.5 Å². The van der Waals surface area contributed by atoms with Gasteiger partial charge in [-0.1, -0.05) is 52.0 Å². The molecule has 0 atom stereocenters. The van der Waals surface area contributed by atoms with Crippen molar-refractivity contribution in [2.24, 2.45) is 0 Å². The monoisotopic (exact) mass is 497 g/mol. The average molecular weight is 498 g/mol. The lowest BCUT2D eigenvalue weighted by Gasteiger charge is -2.34. The van der Waals surface area contributed by atoms with Gasteiger partial charge >= 0.3 is 6.09 Å². The molecule has 154 valence electrons. The molecule has 1 aromatic carbocycles. The van der Waals surface area contributed by atoms with E-state index in [2.05, 4.69) is 15.9 Å². The average Bonchev–Trinajstić information content (AvgIpc) is 2.95. The van der Waals surface area contributed by atoms with E-state index in [1.807, 2.05) is 24.3 Å². The minimum atomic E-state index is -0.366. The van der Waals surface area contributed by atoms with Crippen LogP contribution in [0.15, 0.2) is 33.6 Å². The summed E-state index contributed by atoms with van der Waals surface area (Å²) in [5.41, 5.74) is 0.876. The summed E-state index contributed by atoms with van der Waals surface area (Å²) < 4.78 is 6.27. The van der Waals surface area contributed by atoms with Gasteiger partial charge in [0.15, 0.2) is 0 Å². The third-order valence-corrected chi connectivity index (χ3v) is 6.34. The van der Waals surface area contributed by atoms with Crippen molar-refractivity contribution in [2.75, 3.05) is 39.3 Å². The Morgan fingerprint density at radius 1 is 1.24 bits per heavy atom. The Bertz CT molecular complexity index is 869. The predicted molar refractivity (Wildman–Crippen MR) is 119 cm³/mol. The molecule has 29 heavy (non-hydrogen) atoms. The first-order chi connectivity index (χ1) is 13.9. The Hall–Kier alpha value is -1.91. The molecule has 0 radical (unpaired) electrons. The number of hydrogen-bond acceptors (Lipinski definition) is 6. The van der Waals surface area contributed by atoms with Gasteiger partial charge in [-0.15, -0.1) is 0 Å². The van der Waals surface area contributed by atoms with E-state index in [1.54, 1.807) is 22.8 Å². The molecule has 7 nitrogen and oxygen atoms in total. The quantitative estimate of drug-likeness (QED) is 0.470. The third kappa shape index (κ3) is 5.37. The highest BCUT2D eigenvalue weighted by Crippen LogP contribution is 2.32. The standard InChI is InChI=1S/C19H20BrN3O4S2/c1-2-27-18(26)22-8-6-21(7-9-22)16(24)12-23-17(25)15(29-19(23)28)11-13-4-3-5-14(20)10-13/h3-5,10-11H,2,6-9,12H2,1H3. The first-order valence-electron chi connectivity index (χ1n) is 9.09. The van der Waals surface area contributed by atoms with E-state index in [1.165, 1.54) is 16.7 Å². The number of rotatable bonds is 4. The zero-order valence-corrected chi connectivity index (χ0v) is 19.0. The molecule has 1 aromatic rings. The second kappa shape index (κ2) is 9.73. The number of halogens is 1. The van der Waals surface area contributed by atoms with Crippen molar-refractivity contribution in [3.8, 4) is 0 Å². The molecule has 0 N–H and O–H groups in total. The van der Waals surface area contributed by atoms with Crippen LogP contribution in [-0.2, 0) is 14.3 Å². The van der Waals surface area contributed by atoms with Crippen LogP contribution in [0.2, 0.25) is 0 Å². The SMILES string of the molecule is CCOC(=O)N1CCN(C(=O)CN2C(=O)C(=Cc3cccc(Br)c3)SC2=S)CC1. The Morgan fingerprint density at radius 2 is 1.93 bits per heavy atom. The van der Waals surface area contributed by atoms with Crippen LogP contribution >= 0.6 is 39.9 Å². The molecule has 10 heteroatoms. The normalized spacial score (nSPS) is 18.6. The number of hydrogen-bond donors (Lipinski definition) is 0. The van der Waals surface area contributed by atoms with Crippen molar-refractivity contribution < 1.29 is 19.1 Å². The number of thiocarbonyl (C=S) groups is 1. The number of carbonyl (C=O) groups excluding carboxylic acids is 3. The van der Waals surface area contributed by atoms with Crippen LogP contribution in [0.1, 0.15) is 12.5 Å². The molecule has 2 fully saturated rings. The van der Waals surface area contributed by atoms with Gasteiger partial charge in [-0.2, -0.15) is 0 Å². The second-order valence-electron chi connectivity index (χ2n) is 6.39. The fourth-order valence-corrected chi connectivity index (χ4v) is 4.64. The van der Waals surface area contributed by atoms with Gasteiger partial charge < -0.3 is 14.5 Å². The summed E-state index contributed by atoms with van der Waals surface area (Å²) in [5, 5.41) is 0. The summed E-state index contributed by atoms with van der Waals surface area (Å²) in [6, 6.07) is 7.59. The van der Waals surface area contributed by atoms with Gasteiger partial charge in [-0.05, 0) is 30.7 Å². The maximum absolute atomic E-state index is 12.7. The Kier molecular flexibility index (Phi) is 7.31. The molecular weight excluding hydrogens is 478 g/mol. The van der Waals surface area contributed by atoms with Crippen molar-refractivity contribution in [1.82, 2.24) is 14.7 Å². The molecular formula is C19H20BrN3O4S2. The molecule has 0 aromatic heterocycles. The van der Waals surface area contributed by atoms with Crippen LogP contribution in [-0.4, -0.2) is 76.3 Å². The van der Waals surface area contributed by atoms with Crippen molar-refractivity contribution in [2.45, 2.75) is 6.92 Å². The second-order valence-corrected chi connectivity index (χ2v) is 8.98. The van der Waals surface area contributed by atoms with Crippen LogP contribution in [0.5, 0.6) is 0 Å². The predicted octanol–water partition coefficient (Wildman–Crippen LogP) is 2.95. The molecule has 0 spiro atoms. The van der Waals surface area contributed by atoms with Crippen molar-refractivity contribution in [1.29, 1.82) is 0 Å². The van der Waals surface area contributed by atoms with Gasteiger partial charge in [0.25, 0.3) is 5.91 Å². The lowest BCUT2D eigenvalue weighted by atomic mass is 10.2. The minimum Gasteiger partial charge on any atom is -0.450 e. The number of piperazine rings is 1. The van der Waals surface area contributed by atoms with Crippen LogP contribution in [0.25, 0.3) is 6.08 Å². The zero-order chi connectivity index (χ0) is 21.0. The summed E-state index contributed by atoms with van der Waals surface area (Å²) in [5.74, 6) is -0.452. The number of benzene rings is 1. The minimum absolute atomic E-state index is 0.0973. The van der Waals surface area contributed by atoms with E-state index < -0.39 is 0 Å². The van der Waals surface area contributed by atoms with E-state index >= 15 is 0 Å². The van der Waals surface area contributed by atoms with E-state index in [0.29, 0.717) is 42.0 Å². The fraction of sp³-hybridized carbons (Fsp3) is 0.368. The first-order valence-corrected chi connectivity index (χ1v) is 11.1. The first kappa shape index (κ1) is 21.8. The highest BCUT2D eigenvalue weighted by molar-refractivity contribution is 9.10. The number of carbonyl (C=O) groups is 3. The summed E-state index contributed by atoms with van der Waals surface area (Å²) >= 11 is 9.92. The van der Waals surface area contributed by atoms with Gasteiger partial charge in [0, 0.05) is 30.7 Å².